The first-order valence-electron chi connectivity index (χ1n) is 13.9. The van der Waals surface area contributed by atoms with Crippen molar-refractivity contribution in [2.24, 2.45) is 0 Å². The summed E-state index contributed by atoms with van der Waals surface area (Å²) in [5, 5.41) is 1.74. The van der Waals surface area contributed by atoms with Crippen molar-refractivity contribution < 1.29 is 0 Å². The molecule has 2 fully saturated rings. The van der Waals surface area contributed by atoms with Crippen LogP contribution in [0.25, 0.3) is 0 Å². The predicted molar refractivity (Wildman–Crippen MR) is 154 cm³/mol. The molecule has 0 spiro atoms. The molecule has 3 heteroatoms. The highest BCUT2D eigenvalue weighted by atomic mass is 31.2. The summed E-state index contributed by atoms with van der Waals surface area (Å²) in [6.07, 6.45) is 10.9. The number of nitrogens with zero attached hydrogens (tertiary/aromatic N) is 1. The van der Waals surface area contributed by atoms with Gasteiger partial charge in [0.15, 0.2) is 0 Å². The van der Waals surface area contributed by atoms with Gasteiger partial charge in [0, 0.05) is 31.6 Å². The number of fused-ring (bicyclic) bond motifs is 3. The molecule has 1 aliphatic carbocycles. The van der Waals surface area contributed by atoms with Crippen LogP contribution in [-0.4, -0.2) is 16.6 Å². The first-order valence-corrected chi connectivity index (χ1v) is 16.7. The van der Waals surface area contributed by atoms with E-state index in [0.717, 1.165) is 11.6 Å². The molecule has 5 atom stereocenters. The molecule has 3 unspecified atom stereocenters. The van der Waals surface area contributed by atoms with Crippen molar-refractivity contribution in [2.45, 2.75) is 81.2 Å². The molecule has 1 nitrogen and oxygen atoms in total. The minimum Gasteiger partial charge on any atom is -0.255 e. The van der Waals surface area contributed by atoms with Crippen LogP contribution < -0.4 is 5.30 Å². The maximum absolute atomic E-state index is 3.19. The van der Waals surface area contributed by atoms with E-state index in [9.17, 15) is 0 Å². The number of hydrogen-bond donors (Lipinski definition) is 0. The van der Waals surface area contributed by atoms with E-state index in [4.69, 9.17) is 0 Å². The van der Waals surface area contributed by atoms with Crippen LogP contribution in [-0.2, 0) is 0 Å². The summed E-state index contributed by atoms with van der Waals surface area (Å²) in [6.45, 7) is 3.65. The van der Waals surface area contributed by atoms with E-state index in [0.29, 0.717) is 11.3 Å². The van der Waals surface area contributed by atoms with Gasteiger partial charge in [-0.15, -0.1) is 0 Å². The normalized spacial score (nSPS) is 28.2. The molecule has 6 rings (SSSR count). The molecule has 0 N–H and O–H groups in total. The van der Waals surface area contributed by atoms with Crippen molar-refractivity contribution in [1.29, 1.82) is 0 Å². The Bertz CT molecular complexity index is 1050. The molecular formula is C32H39NP2. The molecule has 0 radical (unpaired) electrons. The zero-order valence-corrected chi connectivity index (χ0v) is 22.9. The van der Waals surface area contributed by atoms with Gasteiger partial charge in [-0.1, -0.05) is 111 Å². The second-order valence-corrected chi connectivity index (χ2v) is 15.7. The molecule has 3 aromatic carbocycles. The average molecular weight is 500 g/mol. The third kappa shape index (κ3) is 4.55. The maximum Gasteiger partial charge on any atom is 0.0183 e. The lowest BCUT2D eigenvalue weighted by atomic mass is 9.84. The number of unbranched alkanes of at least 4 members (excludes halogenated alkanes) is 1. The summed E-state index contributed by atoms with van der Waals surface area (Å²) in [6, 6.07) is 32.8. The fourth-order valence-electron chi connectivity index (χ4n) is 6.99. The molecule has 0 amide bonds. The lowest BCUT2D eigenvalue weighted by molar-refractivity contribution is 0.453. The SMILES string of the molecule is CCCCN(P1c2ccccc2C2CCCCC21)P1[C@H](c2ccccc2)CC[C@H]1c1ccccc1. The molecule has 2 aliphatic heterocycles. The highest BCUT2D eigenvalue weighted by Crippen LogP contribution is 2.79. The highest BCUT2D eigenvalue weighted by molar-refractivity contribution is 7.75. The minimum atomic E-state index is -0.305. The third-order valence-electron chi connectivity index (χ3n) is 8.57. The molecule has 1 saturated carbocycles. The van der Waals surface area contributed by atoms with Gasteiger partial charge in [-0.05, 0) is 68.1 Å². The fraction of sp³-hybridized carbons (Fsp3) is 0.438. The van der Waals surface area contributed by atoms with Gasteiger partial charge < -0.3 is 0 Å². The Morgan fingerprint density at radius 3 is 1.97 bits per heavy atom. The summed E-state index contributed by atoms with van der Waals surface area (Å²) in [5.74, 6) is 0.804. The van der Waals surface area contributed by atoms with Gasteiger partial charge in [0.05, 0.1) is 0 Å². The van der Waals surface area contributed by atoms with Crippen LogP contribution in [0.4, 0.5) is 0 Å². The Kier molecular flexibility index (Phi) is 7.39. The van der Waals surface area contributed by atoms with E-state index in [1.54, 1.807) is 22.0 Å². The lowest BCUT2D eigenvalue weighted by Crippen LogP contribution is -2.27. The first-order chi connectivity index (χ1) is 17.4. The summed E-state index contributed by atoms with van der Waals surface area (Å²) in [4.78, 5) is 0. The quantitative estimate of drug-likeness (QED) is 0.293. The molecule has 2 heterocycles. The fourth-order valence-corrected chi connectivity index (χ4v) is 15.7. The van der Waals surface area contributed by atoms with Crippen LogP contribution in [0.5, 0.6) is 0 Å². The van der Waals surface area contributed by atoms with Crippen LogP contribution in [0, 0.1) is 0 Å². The number of rotatable bonds is 7. The van der Waals surface area contributed by atoms with Crippen molar-refractivity contribution in [3.8, 4) is 0 Å². The van der Waals surface area contributed by atoms with Crippen LogP contribution in [0.3, 0.4) is 0 Å². The van der Waals surface area contributed by atoms with E-state index in [1.807, 2.05) is 0 Å². The zero-order valence-electron chi connectivity index (χ0n) is 21.1. The molecule has 0 bridgehead atoms. The average Bonchev–Trinajstić information content (AvgIpc) is 3.51. The van der Waals surface area contributed by atoms with Crippen LogP contribution in [0.2, 0.25) is 0 Å². The number of hydrogen-bond acceptors (Lipinski definition) is 1. The Morgan fingerprint density at radius 2 is 1.31 bits per heavy atom. The molecule has 182 valence electrons. The van der Waals surface area contributed by atoms with Gasteiger partial charge in [-0.3, -0.25) is 4.44 Å². The third-order valence-corrected chi connectivity index (χ3v) is 15.7. The molecule has 3 aromatic rings. The Hall–Kier alpha value is -1.52. The minimum absolute atomic E-state index is 0.276. The Labute approximate surface area is 215 Å². The van der Waals surface area contributed by atoms with Crippen LogP contribution in [0.15, 0.2) is 84.9 Å². The van der Waals surface area contributed by atoms with E-state index >= 15 is 0 Å². The molecule has 0 aromatic heterocycles. The lowest BCUT2D eigenvalue weighted by Gasteiger charge is -2.44. The van der Waals surface area contributed by atoms with E-state index < -0.39 is 0 Å². The van der Waals surface area contributed by atoms with E-state index in [1.165, 1.54) is 57.9 Å². The second-order valence-electron chi connectivity index (χ2n) is 10.6. The van der Waals surface area contributed by atoms with Gasteiger partial charge >= 0.3 is 0 Å². The number of benzene rings is 3. The predicted octanol–water partition coefficient (Wildman–Crippen LogP) is 9.52. The Morgan fingerprint density at radius 1 is 0.714 bits per heavy atom. The van der Waals surface area contributed by atoms with Gasteiger partial charge in [-0.25, -0.2) is 0 Å². The first kappa shape index (κ1) is 23.9. The monoisotopic (exact) mass is 499 g/mol. The summed E-state index contributed by atoms with van der Waals surface area (Å²) < 4.78 is 3.19. The van der Waals surface area contributed by atoms with Crippen molar-refractivity contribution in [1.82, 2.24) is 4.44 Å². The van der Waals surface area contributed by atoms with Crippen LogP contribution in [0.1, 0.15) is 92.2 Å². The summed E-state index contributed by atoms with van der Waals surface area (Å²) in [7, 11) is -0.582. The Balaban J connectivity index is 1.46. The van der Waals surface area contributed by atoms with Gasteiger partial charge in [-0.2, -0.15) is 0 Å². The van der Waals surface area contributed by atoms with Gasteiger partial charge in [0.2, 0.25) is 0 Å². The second kappa shape index (κ2) is 10.8. The smallest absolute Gasteiger partial charge is 0.0183 e. The van der Waals surface area contributed by atoms with Gasteiger partial charge in [0.1, 0.15) is 0 Å². The van der Waals surface area contributed by atoms with Gasteiger partial charge in [0.25, 0.3) is 0 Å². The van der Waals surface area contributed by atoms with Crippen molar-refractivity contribution in [2.75, 3.05) is 6.54 Å². The molecule has 35 heavy (non-hydrogen) atoms. The zero-order chi connectivity index (χ0) is 23.6. The van der Waals surface area contributed by atoms with Crippen LogP contribution >= 0.6 is 16.1 Å². The molecular weight excluding hydrogens is 460 g/mol. The summed E-state index contributed by atoms with van der Waals surface area (Å²) >= 11 is 0. The largest absolute Gasteiger partial charge is 0.255 e. The van der Waals surface area contributed by atoms with Crippen molar-refractivity contribution in [3.63, 3.8) is 0 Å². The van der Waals surface area contributed by atoms with E-state index in [2.05, 4.69) is 96.3 Å². The standard InChI is InChI=1S/C32H39NP2/c1-2-3-24-33(35-31-20-12-10-18-27(31)28-19-11-13-21-32(28)35)34-29(25-14-6-4-7-15-25)22-23-30(34)26-16-8-5-9-17-26/h4-10,12,14-18,20,28-30,32H,2-3,11,13,19,21-24H2,1H3/t28?,29-,30-,32?,35?/m0/s1. The molecule has 1 saturated heterocycles. The molecule has 3 aliphatic rings. The maximum atomic E-state index is 3.19. The van der Waals surface area contributed by atoms with Crippen molar-refractivity contribution in [3.05, 3.63) is 102 Å². The summed E-state index contributed by atoms with van der Waals surface area (Å²) in [5.41, 5.74) is 7.12. The van der Waals surface area contributed by atoms with E-state index in [-0.39, 0.29) is 16.1 Å². The topological polar surface area (TPSA) is 3.24 Å². The van der Waals surface area contributed by atoms with Crippen molar-refractivity contribution >= 4 is 21.4 Å². The highest BCUT2D eigenvalue weighted by Gasteiger charge is 2.50.